The fourth-order valence-electron chi connectivity index (χ4n) is 1.15. The summed E-state index contributed by atoms with van der Waals surface area (Å²) in [5.41, 5.74) is 0.802. The first-order chi connectivity index (χ1) is 7.75. The van der Waals surface area contributed by atoms with E-state index in [1.54, 1.807) is 30.6 Å². The van der Waals surface area contributed by atoms with E-state index >= 15 is 0 Å². The minimum atomic E-state index is -0.483. The molecule has 0 radical (unpaired) electrons. The van der Waals surface area contributed by atoms with Crippen LogP contribution in [0, 0.1) is 10.1 Å². The van der Waals surface area contributed by atoms with Crippen molar-refractivity contribution < 1.29 is 4.92 Å². The molecule has 0 saturated heterocycles. The summed E-state index contributed by atoms with van der Waals surface area (Å²) in [6.07, 6.45) is 4.50. The Balaban J connectivity index is 2.14. The zero-order valence-electron chi connectivity index (χ0n) is 8.20. The summed E-state index contributed by atoms with van der Waals surface area (Å²) in [5.74, 6) is 0.553. The molecule has 0 spiro atoms. The highest BCUT2D eigenvalue weighted by Gasteiger charge is 2.04. The van der Waals surface area contributed by atoms with Crippen molar-refractivity contribution in [3.63, 3.8) is 0 Å². The average Bonchev–Trinajstić information content (AvgIpc) is 2.31. The van der Waals surface area contributed by atoms with Crippen LogP contribution in [-0.2, 0) is 0 Å². The molecule has 2 aromatic heterocycles. The van der Waals surface area contributed by atoms with Crippen molar-refractivity contribution in [2.45, 2.75) is 0 Å². The molecular weight excluding hydrogens is 208 g/mol. The molecule has 2 heterocycles. The molecule has 0 bridgehead atoms. The zero-order chi connectivity index (χ0) is 11.4. The minimum absolute atomic E-state index is 0.0275. The molecule has 2 aromatic rings. The molecule has 1 N–H and O–H groups in total. The first-order valence-corrected chi connectivity index (χ1v) is 4.53. The van der Waals surface area contributed by atoms with Crippen molar-refractivity contribution in [2.24, 2.45) is 0 Å². The summed E-state index contributed by atoms with van der Waals surface area (Å²) in [6.45, 7) is 0. The molecule has 0 aliphatic heterocycles. The number of nitro groups is 1. The van der Waals surface area contributed by atoms with Gasteiger partial charge in [0.15, 0.2) is 0 Å². The second kappa shape index (κ2) is 4.35. The van der Waals surface area contributed by atoms with Crippen molar-refractivity contribution in [3.8, 4) is 0 Å². The number of rotatable bonds is 3. The quantitative estimate of drug-likeness (QED) is 0.627. The van der Waals surface area contributed by atoms with E-state index in [9.17, 15) is 10.1 Å². The van der Waals surface area contributed by atoms with Crippen LogP contribution in [0.15, 0.2) is 42.9 Å². The lowest BCUT2D eigenvalue weighted by Gasteiger charge is -2.03. The van der Waals surface area contributed by atoms with Gasteiger partial charge in [0.05, 0.1) is 4.92 Å². The van der Waals surface area contributed by atoms with Crippen LogP contribution in [0.1, 0.15) is 0 Å². The first kappa shape index (κ1) is 10.0. The standard InChI is InChI=1S/C10H8N4O2/c15-14(16)9-1-2-10(12-7-9)13-8-3-5-11-6-4-8/h1-7H,(H,11,12,13). The van der Waals surface area contributed by atoms with Crippen molar-refractivity contribution >= 4 is 17.2 Å². The van der Waals surface area contributed by atoms with Gasteiger partial charge in [0.2, 0.25) is 0 Å². The van der Waals surface area contributed by atoms with E-state index in [4.69, 9.17) is 0 Å². The van der Waals surface area contributed by atoms with Crippen LogP contribution in [0.3, 0.4) is 0 Å². The van der Waals surface area contributed by atoms with Crippen LogP contribution >= 0.6 is 0 Å². The van der Waals surface area contributed by atoms with E-state index in [-0.39, 0.29) is 5.69 Å². The summed E-state index contributed by atoms with van der Waals surface area (Å²) < 4.78 is 0. The molecule has 0 aliphatic rings. The molecule has 0 atom stereocenters. The van der Waals surface area contributed by atoms with Crippen LogP contribution in [-0.4, -0.2) is 14.9 Å². The lowest BCUT2D eigenvalue weighted by atomic mass is 10.3. The normalized spacial score (nSPS) is 9.75. The molecule has 6 nitrogen and oxygen atoms in total. The predicted octanol–water partition coefficient (Wildman–Crippen LogP) is 2.13. The monoisotopic (exact) mass is 216 g/mol. The van der Waals surface area contributed by atoms with Crippen LogP contribution in [0.2, 0.25) is 0 Å². The lowest BCUT2D eigenvalue weighted by Crippen LogP contribution is -1.94. The Morgan fingerprint density at radius 3 is 2.50 bits per heavy atom. The second-order valence-corrected chi connectivity index (χ2v) is 3.02. The van der Waals surface area contributed by atoms with E-state index in [1.807, 2.05) is 0 Å². The second-order valence-electron chi connectivity index (χ2n) is 3.02. The topological polar surface area (TPSA) is 81.0 Å². The Hall–Kier alpha value is -2.50. The number of hydrogen-bond donors (Lipinski definition) is 1. The van der Waals surface area contributed by atoms with Crippen molar-refractivity contribution in [1.82, 2.24) is 9.97 Å². The number of nitrogens with zero attached hydrogens (tertiary/aromatic N) is 3. The van der Waals surface area contributed by atoms with Gasteiger partial charge in [-0.25, -0.2) is 4.98 Å². The van der Waals surface area contributed by atoms with Crippen LogP contribution in [0.25, 0.3) is 0 Å². The average molecular weight is 216 g/mol. The molecule has 6 heteroatoms. The third-order valence-electron chi connectivity index (χ3n) is 1.91. The van der Waals surface area contributed by atoms with Gasteiger partial charge in [0.25, 0.3) is 5.69 Å². The van der Waals surface area contributed by atoms with Crippen LogP contribution in [0.4, 0.5) is 17.2 Å². The Labute approximate surface area is 91.1 Å². The Kier molecular flexibility index (Phi) is 2.73. The molecule has 16 heavy (non-hydrogen) atoms. The Bertz CT molecular complexity index is 484. The summed E-state index contributed by atoms with van der Waals surface area (Å²) in [7, 11) is 0. The summed E-state index contributed by atoms with van der Waals surface area (Å²) in [5, 5.41) is 13.4. The van der Waals surface area contributed by atoms with Crippen molar-refractivity contribution in [3.05, 3.63) is 53.0 Å². The molecule has 0 saturated carbocycles. The van der Waals surface area contributed by atoms with E-state index in [2.05, 4.69) is 15.3 Å². The largest absolute Gasteiger partial charge is 0.340 e. The van der Waals surface area contributed by atoms with E-state index in [0.717, 1.165) is 5.69 Å². The lowest BCUT2D eigenvalue weighted by molar-refractivity contribution is -0.385. The SMILES string of the molecule is O=[N+]([O-])c1ccc(Nc2ccncc2)nc1. The van der Waals surface area contributed by atoms with Crippen molar-refractivity contribution in [2.75, 3.05) is 5.32 Å². The van der Waals surface area contributed by atoms with Gasteiger partial charge >= 0.3 is 0 Å². The predicted molar refractivity (Wildman–Crippen MR) is 58.4 cm³/mol. The van der Waals surface area contributed by atoms with E-state index < -0.39 is 4.92 Å². The first-order valence-electron chi connectivity index (χ1n) is 4.53. The van der Waals surface area contributed by atoms with E-state index in [1.165, 1.54) is 12.3 Å². The maximum Gasteiger partial charge on any atom is 0.287 e. The van der Waals surface area contributed by atoms with Gasteiger partial charge in [0, 0.05) is 24.1 Å². The smallest absolute Gasteiger partial charge is 0.287 e. The third kappa shape index (κ3) is 2.30. The summed E-state index contributed by atoms with van der Waals surface area (Å²) in [4.78, 5) is 17.7. The Morgan fingerprint density at radius 1 is 1.19 bits per heavy atom. The van der Waals surface area contributed by atoms with Crippen LogP contribution in [0.5, 0.6) is 0 Å². The van der Waals surface area contributed by atoms with Gasteiger partial charge in [-0.2, -0.15) is 0 Å². The van der Waals surface area contributed by atoms with Gasteiger partial charge in [-0.05, 0) is 18.2 Å². The van der Waals surface area contributed by atoms with Gasteiger partial charge in [-0.3, -0.25) is 15.1 Å². The molecule has 0 aliphatic carbocycles. The van der Waals surface area contributed by atoms with Crippen molar-refractivity contribution in [1.29, 1.82) is 0 Å². The third-order valence-corrected chi connectivity index (χ3v) is 1.91. The fraction of sp³-hybridized carbons (Fsp3) is 0. The number of hydrogen-bond acceptors (Lipinski definition) is 5. The molecule has 0 aromatic carbocycles. The summed E-state index contributed by atoms with van der Waals surface area (Å²) in [6, 6.07) is 6.52. The zero-order valence-corrected chi connectivity index (χ0v) is 8.20. The van der Waals surface area contributed by atoms with Gasteiger partial charge in [-0.1, -0.05) is 0 Å². The van der Waals surface area contributed by atoms with Crippen LogP contribution < -0.4 is 5.32 Å². The van der Waals surface area contributed by atoms with E-state index in [0.29, 0.717) is 5.82 Å². The van der Waals surface area contributed by atoms with Gasteiger partial charge in [-0.15, -0.1) is 0 Å². The molecule has 0 amide bonds. The highest BCUT2D eigenvalue weighted by atomic mass is 16.6. The van der Waals surface area contributed by atoms with Gasteiger partial charge in [0.1, 0.15) is 12.0 Å². The highest BCUT2D eigenvalue weighted by molar-refractivity contribution is 5.55. The number of anilines is 2. The fourth-order valence-corrected chi connectivity index (χ4v) is 1.15. The maximum absolute atomic E-state index is 10.4. The highest BCUT2D eigenvalue weighted by Crippen LogP contribution is 2.15. The number of pyridine rings is 2. The molecule has 80 valence electrons. The number of nitrogens with one attached hydrogen (secondary N) is 1. The van der Waals surface area contributed by atoms with Gasteiger partial charge < -0.3 is 5.32 Å². The molecule has 0 unspecified atom stereocenters. The minimum Gasteiger partial charge on any atom is -0.340 e. The molecule has 2 rings (SSSR count). The Morgan fingerprint density at radius 2 is 1.94 bits per heavy atom. The summed E-state index contributed by atoms with van der Waals surface area (Å²) >= 11 is 0. The number of aromatic nitrogens is 2. The maximum atomic E-state index is 10.4. The molecular formula is C10H8N4O2. The molecule has 0 fully saturated rings.